The third-order valence-electron chi connectivity index (χ3n) is 3.94. The molecule has 2 N–H and O–H groups in total. The number of ether oxygens (including phenoxy) is 1. The average Bonchev–Trinajstić information content (AvgIpc) is 3.27. The number of quaternary nitrogens is 1. The quantitative estimate of drug-likeness (QED) is 0.623. The van der Waals surface area contributed by atoms with Gasteiger partial charge in [-0.1, -0.05) is 0 Å². The summed E-state index contributed by atoms with van der Waals surface area (Å²) in [6, 6.07) is 6.57. The SMILES string of the molecule is CCOC(=O)c1ccc(N2C(=O)C[C@H]([NH2+]C3CC3)C2=O)cc1. The summed E-state index contributed by atoms with van der Waals surface area (Å²) in [7, 11) is 0. The van der Waals surface area contributed by atoms with Gasteiger partial charge in [-0.3, -0.25) is 9.59 Å². The Hall–Kier alpha value is -2.21. The molecule has 0 bridgehead atoms. The summed E-state index contributed by atoms with van der Waals surface area (Å²) in [5.74, 6) is -0.760. The smallest absolute Gasteiger partial charge is 0.338 e. The van der Waals surface area contributed by atoms with Crippen LogP contribution in [0.2, 0.25) is 0 Å². The predicted molar refractivity (Wildman–Crippen MR) is 78.2 cm³/mol. The van der Waals surface area contributed by atoms with Crippen LogP contribution in [-0.4, -0.2) is 36.5 Å². The van der Waals surface area contributed by atoms with Gasteiger partial charge < -0.3 is 10.1 Å². The molecule has 0 spiro atoms. The van der Waals surface area contributed by atoms with Gasteiger partial charge in [0.25, 0.3) is 5.91 Å². The molecule has 3 rings (SSSR count). The van der Waals surface area contributed by atoms with Crippen molar-refractivity contribution >= 4 is 23.5 Å². The summed E-state index contributed by atoms with van der Waals surface area (Å²) in [5, 5.41) is 2.01. The summed E-state index contributed by atoms with van der Waals surface area (Å²) in [4.78, 5) is 37.3. The van der Waals surface area contributed by atoms with E-state index in [4.69, 9.17) is 4.74 Å². The van der Waals surface area contributed by atoms with Gasteiger partial charge in [0, 0.05) is 12.8 Å². The van der Waals surface area contributed by atoms with Crippen molar-refractivity contribution < 1.29 is 24.4 Å². The minimum atomic E-state index is -0.409. The van der Waals surface area contributed by atoms with Crippen molar-refractivity contribution in [1.29, 1.82) is 0 Å². The molecule has 0 unspecified atom stereocenters. The molecule has 116 valence electrons. The van der Waals surface area contributed by atoms with Crippen LogP contribution in [0.1, 0.15) is 36.5 Å². The Morgan fingerprint density at radius 1 is 1.27 bits per heavy atom. The first kappa shape index (κ1) is 14.7. The van der Waals surface area contributed by atoms with E-state index in [0.717, 1.165) is 12.8 Å². The molecule has 2 amide bonds. The minimum Gasteiger partial charge on any atom is -0.462 e. The van der Waals surface area contributed by atoms with Crippen molar-refractivity contribution in [2.24, 2.45) is 0 Å². The molecule has 0 radical (unpaired) electrons. The van der Waals surface area contributed by atoms with Crippen LogP contribution in [0.25, 0.3) is 0 Å². The largest absolute Gasteiger partial charge is 0.462 e. The molecule has 1 atom stereocenters. The molecular weight excluding hydrogens is 284 g/mol. The summed E-state index contributed by atoms with van der Waals surface area (Å²) < 4.78 is 4.91. The van der Waals surface area contributed by atoms with E-state index in [-0.39, 0.29) is 24.3 Å². The molecule has 1 aromatic carbocycles. The van der Waals surface area contributed by atoms with Crippen LogP contribution in [0.4, 0.5) is 5.69 Å². The first-order valence-electron chi connectivity index (χ1n) is 7.59. The zero-order chi connectivity index (χ0) is 15.7. The van der Waals surface area contributed by atoms with Crippen LogP contribution in [0.3, 0.4) is 0 Å². The molecule has 6 nitrogen and oxygen atoms in total. The highest BCUT2D eigenvalue weighted by Crippen LogP contribution is 2.23. The van der Waals surface area contributed by atoms with Gasteiger partial charge in [-0.2, -0.15) is 0 Å². The van der Waals surface area contributed by atoms with Gasteiger partial charge in [-0.15, -0.1) is 0 Å². The maximum Gasteiger partial charge on any atom is 0.338 e. The van der Waals surface area contributed by atoms with Gasteiger partial charge >= 0.3 is 5.97 Å². The Balaban J connectivity index is 1.74. The lowest BCUT2D eigenvalue weighted by Gasteiger charge is -2.14. The Bertz CT molecular complexity index is 607. The average molecular weight is 303 g/mol. The number of esters is 1. The van der Waals surface area contributed by atoms with Crippen molar-refractivity contribution in [3.63, 3.8) is 0 Å². The maximum absolute atomic E-state index is 12.4. The van der Waals surface area contributed by atoms with Gasteiger partial charge in [0.1, 0.15) is 0 Å². The van der Waals surface area contributed by atoms with Crippen LogP contribution >= 0.6 is 0 Å². The molecule has 6 heteroatoms. The fourth-order valence-corrected chi connectivity index (χ4v) is 2.66. The number of nitrogens with two attached hydrogens (primary N) is 1. The van der Waals surface area contributed by atoms with Crippen molar-refractivity contribution in [2.45, 2.75) is 38.3 Å². The van der Waals surface area contributed by atoms with E-state index in [9.17, 15) is 14.4 Å². The van der Waals surface area contributed by atoms with Gasteiger partial charge in [-0.05, 0) is 31.2 Å². The van der Waals surface area contributed by atoms with Crippen LogP contribution in [0, 0.1) is 0 Å². The van der Waals surface area contributed by atoms with E-state index in [1.54, 1.807) is 31.2 Å². The molecule has 2 aliphatic rings. The monoisotopic (exact) mass is 303 g/mol. The van der Waals surface area contributed by atoms with Gasteiger partial charge in [0.05, 0.1) is 30.3 Å². The lowest BCUT2D eigenvalue weighted by molar-refractivity contribution is -0.687. The molecule has 1 aliphatic heterocycles. The second-order valence-electron chi connectivity index (χ2n) is 5.68. The van der Waals surface area contributed by atoms with Crippen LogP contribution in [-0.2, 0) is 14.3 Å². The number of imide groups is 1. The number of carbonyl (C=O) groups is 3. The molecule has 1 saturated heterocycles. The van der Waals surface area contributed by atoms with E-state index >= 15 is 0 Å². The fraction of sp³-hybridized carbons (Fsp3) is 0.438. The minimum absolute atomic E-state index is 0.166. The van der Waals surface area contributed by atoms with Crippen LogP contribution in [0.15, 0.2) is 24.3 Å². The lowest BCUT2D eigenvalue weighted by Crippen LogP contribution is -2.93. The Morgan fingerprint density at radius 2 is 1.95 bits per heavy atom. The van der Waals surface area contributed by atoms with Crippen molar-refractivity contribution in [3.05, 3.63) is 29.8 Å². The highest BCUT2D eigenvalue weighted by Gasteiger charge is 2.45. The lowest BCUT2D eigenvalue weighted by atomic mass is 10.2. The molecule has 22 heavy (non-hydrogen) atoms. The van der Waals surface area contributed by atoms with E-state index in [2.05, 4.69) is 0 Å². The molecular formula is C16H19N2O4+. The molecule has 1 heterocycles. The second kappa shape index (κ2) is 5.88. The van der Waals surface area contributed by atoms with Crippen molar-refractivity contribution in [1.82, 2.24) is 0 Å². The number of nitrogens with zero attached hydrogens (tertiary/aromatic N) is 1. The first-order chi connectivity index (χ1) is 10.6. The summed E-state index contributed by atoms with van der Waals surface area (Å²) in [6.45, 7) is 2.05. The Kier molecular flexibility index (Phi) is 3.94. The van der Waals surface area contributed by atoms with Gasteiger partial charge in [0.2, 0.25) is 5.91 Å². The number of carbonyl (C=O) groups excluding carboxylic acids is 3. The van der Waals surface area contributed by atoms with E-state index < -0.39 is 5.97 Å². The number of benzene rings is 1. The summed E-state index contributed by atoms with van der Waals surface area (Å²) in [6.07, 6.45) is 2.48. The summed E-state index contributed by atoms with van der Waals surface area (Å²) >= 11 is 0. The number of hydrogen-bond acceptors (Lipinski definition) is 4. The van der Waals surface area contributed by atoms with E-state index in [0.29, 0.717) is 23.9 Å². The number of anilines is 1. The van der Waals surface area contributed by atoms with E-state index in [1.165, 1.54) is 4.90 Å². The molecule has 1 saturated carbocycles. The Morgan fingerprint density at radius 3 is 2.55 bits per heavy atom. The second-order valence-corrected chi connectivity index (χ2v) is 5.68. The third kappa shape index (κ3) is 2.87. The van der Waals surface area contributed by atoms with Crippen molar-refractivity contribution in [2.75, 3.05) is 11.5 Å². The Labute approximate surface area is 128 Å². The highest BCUT2D eigenvalue weighted by molar-refractivity contribution is 6.21. The molecule has 1 aliphatic carbocycles. The van der Waals surface area contributed by atoms with Crippen LogP contribution in [0.5, 0.6) is 0 Å². The fourth-order valence-electron chi connectivity index (χ4n) is 2.66. The topological polar surface area (TPSA) is 80.3 Å². The van der Waals surface area contributed by atoms with Crippen LogP contribution < -0.4 is 10.2 Å². The van der Waals surface area contributed by atoms with E-state index in [1.807, 2.05) is 5.32 Å². The number of amides is 2. The standard InChI is InChI=1S/C16H18N2O4/c1-2-22-16(21)10-3-7-12(8-4-10)18-14(19)9-13(15(18)20)17-11-5-6-11/h3-4,7-8,11,13,17H,2,5-6,9H2,1H3/p+1/t13-/m0/s1. The molecule has 1 aromatic rings. The zero-order valence-corrected chi connectivity index (χ0v) is 12.5. The van der Waals surface area contributed by atoms with Gasteiger partial charge in [0.15, 0.2) is 6.04 Å². The zero-order valence-electron chi connectivity index (χ0n) is 12.5. The predicted octanol–water partition coefficient (Wildman–Crippen LogP) is 0.221. The van der Waals surface area contributed by atoms with Gasteiger partial charge in [-0.25, -0.2) is 9.69 Å². The number of hydrogen-bond donors (Lipinski definition) is 1. The third-order valence-corrected chi connectivity index (χ3v) is 3.94. The normalized spacial score (nSPS) is 21.3. The van der Waals surface area contributed by atoms with Crippen molar-refractivity contribution in [3.8, 4) is 0 Å². The molecule has 2 fully saturated rings. The first-order valence-corrected chi connectivity index (χ1v) is 7.59. The maximum atomic E-state index is 12.4. The summed E-state index contributed by atoms with van der Waals surface area (Å²) in [5.41, 5.74) is 0.917. The molecule has 0 aromatic heterocycles. The number of rotatable bonds is 5. The highest BCUT2D eigenvalue weighted by atomic mass is 16.5.